The zero-order chi connectivity index (χ0) is 9.64. The lowest BCUT2D eigenvalue weighted by atomic mass is 9.94. The Kier molecular flexibility index (Phi) is 1.58. The fraction of sp³-hybridized carbons (Fsp3) is 0.750. The molecule has 2 heterocycles. The van der Waals surface area contributed by atoms with E-state index in [0.29, 0.717) is 0 Å². The van der Waals surface area contributed by atoms with Gasteiger partial charge in [-0.05, 0) is 6.42 Å². The van der Waals surface area contributed by atoms with Crippen molar-refractivity contribution in [3.63, 3.8) is 0 Å². The van der Waals surface area contributed by atoms with Crippen LogP contribution < -0.4 is 0 Å². The topological polar surface area (TPSA) is 57.6 Å². The monoisotopic (exact) mass is 187 g/mol. The summed E-state index contributed by atoms with van der Waals surface area (Å²) in [5, 5.41) is 8.95. The molecule has 0 aromatic carbocycles. The van der Waals surface area contributed by atoms with E-state index in [2.05, 4.69) is 0 Å². The number of carbonyl (C=O) groups is 2. The Morgan fingerprint density at radius 1 is 1.69 bits per heavy atom. The van der Waals surface area contributed by atoms with E-state index in [0.717, 1.165) is 0 Å². The molecule has 0 aromatic heterocycles. The van der Waals surface area contributed by atoms with Gasteiger partial charge < -0.3 is 10.0 Å². The van der Waals surface area contributed by atoms with Gasteiger partial charge in [-0.2, -0.15) is 0 Å². The second kappa shape index (κ2) is 2.43. The Bertz CT molecular complexity index is 281. The lowest BCUT2D eigenvalue weighted by molar-refractivity contribution is -0.151. The van der Waals surface area contributed by atoms with Crippen LogP contribution in [0.2, 0.25) is 0 Å². The predicted octanol–water partition coefficient (Wildman–Crippen LogP) is 0.174. The average molecular weight is 187 g/mol. The van der Waals surface area contributed by atoms with Gasteiger partial charge in [0, 0.05) is 12.8 Å². The fourth-order valence-electron chi connectivity index (χ4n) is 2.25. The van der Waals surface area contributed by atoms with E-state index in [9.17, 15) is 14.0 Å². The third-order valence-corrected chi connectivity index (χ3v) is 2.91. The van der Waals surface area contributed by atoms with Gasteiger partial charge in [0.2, 0.25) is 5.91 Å². The lowest BCUT2D eigenvalue weighted by Crippen LogP contribution is -2.47. The van der Waals surface area contributed by atoms with Crippen LogP contribution in [0, 0.1) is 0 Å². The molecule has 0 spiro atoms. The number of halogens is 1. The number of hydrogen-bond acceptors (Lipinski definition) is 2. The summed E-state index contributed by atoms with van der Waals surface area (Å²) in [6, 6.07) is 0. The van der Waals surface area contributed by atoms with Crippen molar-refractivity contribution in [1.82, 2.24) is 4.90 Å². The number of amides is 1. The molecule has 5 heteroatoms. The second-order valence-electron chi connectivity index (χ2n) is 3.64. The Morgan fingerprint density at radius 2 is 2.38 bits per heavy atom. The van der Waals surface area contributed by atoms with Gasteiger partial charge in [0.05, 0.1) is 6.54 Å². The van der Waals surface area contributed by atoms with Crippen LogP contribution in [0.1, 0.15) is 19.3 Å². The summed E-state index contributed by atoms with van der Waals surface area (Å²) in [4.78, 5) is 23.3. The summed E-state index contributed by atoms with van der Waals surface area (Å²) >= 11 is 0. The Balaban J connectivity index is 2.35. The van der Waals surface area contributed by atoms with Crippen molar-refractivity contribution in [3.8, 4) is 0 Å². The molecule has 2 saturated heterocycles. The normalized spacial score (nSPS) is 38.1. The number of nitrogens with zero attached hydrogens (tertiary/aromatic N) is 1. The van der Waals surface area contributed by atoms with Crippen LogP contribution in [0.3, 0.4) is 0 Å². The minimum atomic E-state index is -1.23. The summed E-state index contributed by atoms with van der Waals surface area (Å²) in [6.07, 6.45) is -0.741. The number of carboxylic acids is 1. The lowest BCUT2D eigenvalue weighted by Gasteiger charge is -2.26. The summed E-state index contributed by atoms with van der Waals surface area (Å²) in [5.74, 6) is -1.30. The number of aliphatic carboxylic acids is 1. The van der Waals surface area contributed by atoms with Crippen molar-refractivity contribution in [1.29, 1.82) is 0 Å². The molecule has 0 unspecified atom stereocenters. The van der Waals surface area contributed by atoms with Crippen molar-refractivity contribution < 1.29 is 19.1 Å². The van der Waals surface area contributed by atoms with Crippen LogP contribution >= 0.6 is 0 Å². The molecule has 2 aliphatic heterocycles. The van der Waals surface area contributed by atoms with Crippen LogP contribution in [0.5, 0.6) is 0 Å². The molecule has 13 heavy (non-hydrogen) atoms. The van der Waals surface area contributed by atoms with Crippen molar-refractivity contribution in [2.45, 2.75) is 31.0 Å². The standard InChI is InChI=1S/C8H10FNO3/c9-5-3-8(7(12)13)2-1-6(11)10(8)4-5/h5H,1-4H2,(H,12,13)/t5-,8-/m0/s1. The largest absolute Gasteiger partial charge is 0.479 e. The van der Waals surface area contributed by atoms with Crippen LogP contribution in [0.25, 0.3) is 0 Å². The molecule has 1 amide bonds. The Morgan fingerprint density at radius 3 is 2.92 bits per heavy atom. The zero-order valence-corrected chi connectivity index (χ0v) is 6.99. The van der Waals surface area contributed by atoms with Gasteiger partial charge in [0.1, 0.15) is 11.7 Å². The molecule has 2 aliphatic rings. The van der Waals surface area contributed by atoms with E-state index in [4.69, 9.17) is 5.11 Å². The Labute approximate surface area is 74.3 Å². The molecule has 0 bridgehead atoms. The van der Waals surface area contributed by atoms with Gasteiger partial charge in [0.15, 0.2) is 0 Å². The van der Waals surface area contributed by atoms with Gasteiger partial charge in [0.25, 0.3) is 0 Å². The van der Waals surface area contributed by atoms with E-state index in [1.807, 2.05) is 0 Å². The van der Waals surface area contributed by atoms with E-state index >= 15 is 0 Å². The second-order valence-corrected chi connectivity index (χ2v) is 3.64. The molecule has 4 nitrogen and oxygen atoms in total. The first-order chi connectivity index (χ1) is 6.06. The highest BCUT2D eigenvalue weighted by Crippen LogP contribution is 2.40. The third-order valence-electron chi connectivity index (χ3n) is 2.91. The maximum absolute atomic E-state index is 13.0. The van der Waals surface area contributed by atoms with Gasteiger partial charge in [-0.3, -0.25) is 4.79 Å². The first kappa shape index (κ1) is 8.47. The number of alkyl halides is 1. The fourth-order valence-corrected chi connectivity index (χ4v) is 2.25. The average Bonchev–Trinajstić information content (AvgIpc) is 2.51. The molecule has 2 fully saturated rings. The number of fused-ring (bicyclic) bond motifs is 1. The molecule has 0 aromatic rings. The van der Waals surface area contributed by atoms with Gasteiger partial charge in [-0.25, -0.2) is 9.18 Å². The van der Waals surface area contributed by atoms with Crippen molar-refractivity contribution in [2.75, 3.05) is 6.54 Å². The molecule has 0 aliphatic carbocycles. The first-order valence-corrected chi connectivity index (χ1v) is 4.24. The smallest absolute Gasteiger partial charge is 0.329 e. The SMILES string of the molecule is O=C1CC[C@@]2(C(=O)O)C[C@H](F)CN12. The number of hydrogen-bond donors (Lipinski definition) is 1. The molecule has 2 rings (SSSR count). The van der Waals surface area contributed by atoms with Gasteiger partial charge >= 0.3 is 5.97 Å². The van der Waals surface area contributed by atoms with E-state index in [1.54, 1.807) is 0 Å². The van der Waals surface area contributed by atoms with Gasteiger partial charge in [-0.1, -0.05) is 0 Å². The van der Waals surface area contributed by atoms with Gasteiger partial charge in [-0.15, -0.1) is 0 Å². The highest BCUT2D eigenvalue weighted by molar-refractivity contribution is 5.91. The van der Waals surface area contributed by atoms with Crippen molar-refractivity contribution in [2.24, 2.45) is 0 Å². The van der Waals surface area contributed by atoms with E-state index < -0.39 is 17.7 Å². The maximum atomic E-state index is 13.0. The summed E-state index contributed by atoms with van der Waals surface area (Å²) in [6.45, 7) is -0.0505. The molecule has 2 atom stereocenters. The number of carboxylic acid groups (broad SMARTS) is 1. The summed E-state index contributed by atoms with van der Waals surface area (Å²) < 4.78 is 13.0. The molecule has 1 N–H and O–H groups in total. The Hall–Kier alpha value is -1.13. The molecule has 0 saturated carbocycles. The van der Waals surface area contributed by atoms with Crippen LogP contribution in [-0.2, 0) is 9.59 Å². The maximum Gasteiger partial charge on any atom is 0.329 e. The highest BCUT2D eigenvalue weighted by Gasteiger charge is 2.57. The molecular weight excluding hydrogens is 177 g/mol. The third kappa shape index (κ3) is 0.959. The molecule has 72 valence electrons. The van der Waals surface area contributed by atoms with Crippen molar-refractivity contribution >= 4 is 11.9 Å². The molecular formula is C8H10FNO3. The van der Waals surface area contributed by atoms with E-state index in [1.165, 1.54) is 4.90 Å². The summed E-state index contributed by atoms with van der Waals surface area (Å²) in [5.41, 5.74) is -1.23. The number of rotatable bonds is 1. The highest BCUT2D eigenvalue weighted by atomic mass is 19.1. The number of carbonyl (C=O) groups excluding carboxylic acids is 1. The predicted molar refractivity (Wildman–Crippen MR) is 40.8 cm³/mol. The minimum absolute atomic E-state index is 0.0475. The minimum Gasteiger partial charge on any atom is -0.479 e. The van der Waals surface area contributed by atoms with Crippen LogP contribution in [-0.4, -0.2) is 40.1 Å². The van der Waals surface area contributed by atoms with Crippen LogP contribution in [0.4, 0.5) is 4.39 Å². The van der Waals surface area contributed by atoms with Crippen LogP contribution in [0.15, 0.2) is 0 Å². The van der Waals surface area contributed by atoms with E-state index in [-0.39, 0.29) is 31.7 Å². The molecule has 0 radical (unpaired) electrons. The zero-order valence-electron chi connectivity index (χ0n) is 6.99. The first-order valence-electron chi connectivity index (χ1n) is 4.24. The summed E-state index contributed by atoms with van der Waals surface area (Å²) in [7, 11) is 0. The van der Waals surface area contributed by atoms with Crippen molar-refractivity contribution in [3.05, 3.63) is 0 Å². The quantitative estimate of drug-likeness (QED) is 0.636.